The largest absolute Gasteiger partial charge is 0.451 e. The van der Waals surface area contributed by atoms with E-state index in [0.29, 0.717) is 31.1 Å². The van der Waals surface area contributed by atoms with Gasteiger partial charge in [0.1, 0.15) is 10.7 Å². The molecule has 1 amide bonds. The molecule has 1 aliphatic carbocycles. The summed E-state index contributed by atoms with van der Waals surface area (Å²) in [5.41, 5.74) is 2.21. The molecule has 1 aliphatic heterocycles. The lowest BCUT2D eigenvalue weighted by molar-refractivity contribution is -0.134. The molecule has 7 heteroatoms. The predicted octanol–water partition coefficient (Wildman–Crippen LogP) is 3.66. The Balaban J connectivity index is 1.26. The second-order valence-electron chi connectivity index (χ2n) is 7.54. The summed E-state index contributed by atoms with van der Waals surface area (Å²) in [5, 5.41) is 0. The molecule has 0 radical (unpaired) electrons. The number of hydrogen-bond acceptors (Lipinski definition) is 5. The number of thiophene rings is 1. The van der Waals surface area contributed by atoms with Gasteiger partial charge in [-0.25, -0.2) is 9.18 Å². The highest BCUT2D eigenvalue weighted by molar-refractivity contribution is 7.14. The van der Waals surface area contributed by atoms with Gasteiger partial charge in [0, 0.05) is 36.7 Å². The molecule has 0 N–H and O–H groups in total. The van der Waals surface area contributed by atoms with Crippen molar-refractivity contribution in [2.45, 2.75) is 32.1 Å². The van der Waals surface area contributed by atoms with Gasteiger partial charge in [0.05, 0.1) is 0 Å². The Morgan fingerprint density at radius 2 is 1.72 bits per heavy atom. The van der Waals surface area contributed by atoms with E-state index in [9.17, 15) is 14.0 Å². The Hall–Kier alpha value is -2.41. The fourth-order valence-corrected chi connectivity index (χ4v) is 5.07. The van der Waals surface area contributed by atoms with Crippen molar-refractivity contribution in [1.82, 2.24) is 4.90 Å². The first-order chi connectivity index (χ1) is 14.1. The average Bonchev–Trinajstić information content (AvgIpc) is 3.03. The van der Waals surface area contributed by atoms with E-state index in [1.807, 2.05) is 6.07 Å². The van der Waals surface area contributed by atoms with Gasteiger partial charge in [-0.1, -0.05) is 6.42 Å². The van der Waals surface area contributed by atoms with Gasteiger partial charge in [-0.2, -0.15) is 0 Å². The number of anilines is 1. The maximum atomic E-state index is 13.1. The Morgan fingerprint density at radius 1 is 1.00 bits per heavy atom. The molecule has 2 heterocycles. The van der Waals surface area contributed by atoms with Gasteiger partial charge in [-0.15, -0.1) is 11.3 Å². The van der Waals surface area contributed by atoms with Crippen LogP contribution >= 0.6 is 11.3 Å². The molecule has 2 aliphatic rings. The van der Waals surface area contributed by atoms with Crippen LogP contribution in [0.3, 0.4) is 0 Å². The standard InChI is InChI=1S/C22H25FN2O3S/c23-17-6-8-18(9-7-17)24-10-12-25(13-11-24)21(26)15-28-22(27)20-14-16-4-2-1-3-5-19(16)29-20/h6-9,14H,1-5,10-13,15H2. The molecule has 4 rings (SSSR count). The van der Waals surface area contributed by atoms with Gasteiger partial charge in [0.15, 0.2) is 6.61 Å². The van der Waals surface area contributed by atoms with E-state index in [1.54, 1.807) is 17.0 Å². The number of halogens is 1. The monoisotopic (exact) mass is 416 g/mol. The summed E-state index contributed by atoms with van der Waals surface area (Å²) < 4.78 is 18.4. The second kappa shape index (κ2) is 8.95. The molecule has 0 saturated carbocycles. The minimum Gasteiger partial charge on any atom is -0.451 e. The molecule has 1 saturated heterocycles. The zero-order valence-electron chi connectivity index (χ0n) is 16.4. The highest BCUT2D eigenvalue weighted by Gasteiger charge is 2.23. The summed E-state index contributed by atoms with van der Waals surface area (Å²) in [6, 6.07) is 8.32. The van der Waals surface area contributed by atoms with E-state index in [0.717, 1.165) is 18.5 Å². The number of carbonyl (C=O) groups excluding carboxylic acids is 2. The zero-order valence-corrected chi connectivity index (χ0v) is 17.2. The van der Waals surface area contributed by atoms with Crippen molar-refractivity contribution in [3.05, 3.63) is 51.5 Å². The summed E-state index contributed by atoms with van der Waals surface area (Å²) in [6.07, 6.45) is 5.63. The SMILES string of the molecule is O=C(OCC(=O)N1CCN(c2ccc(F)cc2)CC1)c1cc2c(s1)CCCCC2. The van der Waals surface area contributed by atoms with Gasteiger partial charge in [0.2, 0.25) is 0 Å². The van der Waals surface area contributed by atoms with E-state index in [1.165, 1.54) is 53.2 Å². The van der Waals surface area contributed by atoms with Crippen molar-refractivity contribution in [3.63, 3.8) is 0 Å². The minimum atomic E-state index is -0.402. The number of nitrogens with zero attached hydrogens (tertiary/aromatic N) is 2. The van der Waals surface area contributed by atoms with Crippen LogP contribution in [0, 0.1) is 5.82 Å². The van der Waals surface area contributed by atoms with Crippen LogP contribution in [-0.2, 0) is 22.4 Å². The smallest absolute Gasteiger partial charge is 0.348 e. The fraction of sp³-hybridized carbons (Fsp3) is 0.455. The first kappa shape index (κ1) is 19.9. The first-order valence-electron chi connectivity index (χ1n) is 10.2. The maximum absolute atomic E-state index is 13.1. The van der Waals surface area contributed by atoms with E-state index in [4.69, 9.17) is 4.74 Å². The third kappa shape index (κ3) is 4.78. The van der Waals surface area contributed by atoms with Gasteiger partial charge in [-0.05, 0) is 61.6 Å². The molecule has 29 heavy (non-hydrogen) atoms. The maximum Gasteiger partial charge on any atom is 0.348 e. The Kier molecular flexibility index (Phi) is 6.13. The van der Waals surface area contributed by atoms with Crippen molar-refractivity contribution in [2.75, 3.05) is 37.7 Å². The molecule has 154 valence electrons. The summed E-state index contributed by atoms with van der Waals surface area (Å²) >= 11 is 1.51. The topological polar surface area (TPSA) is 49.9 Å². The molecule has 0 atom stereocenters. The van der Waals surface area contributed by atoms with Crippen LogP contribution in [-0.4, -0.2) is 49.6 Å². The summed E-state index contributed by atoms with van der Waals surface area (Å²) in [6.45, 7) is 2.23. The number of benzene rings is 1. The molecule has 2 aromatic rings. The Bertz CT molecular complexity index is 849. The van der Waals surface area contributed by atoms with Crippen LogP contribution in [0.15, 0.2) is 30.3 Å². The van der Waals surface area contributed by atoms with Crippen molar-refractivity contribution < 1.29 is 18.7 Å². The first-order valence-corrected chi connectivity index (χ1v) is 11.0. The number of amides is 1. The van der Waals surface area contributed by atoms with Gasteiger partial charge < -0.3 is 14.5 Å². The molecule has 1 fully saturated rings. The third-order valence-corrected chi connectivity index (χ3v) is 6.82. The molecular weight excluding hydrogens is 391 g/mol. The molecule has 1 aromatic heterocycles. The van der Waals surface area contributed by atoms with E-state index in [-0.39, 0.29) is 18.3 Å². The normalized spacial score (nSPS) is 16.9. The number of aryl methyl sites for hydroxylation is 2. The van der Waals surface area contributed by atoms with Crippen molar-refractivity contribution in [2.24, 2.45) is 0 Å². The number of ether oxygens (including phenoxy) is 1. The molecule has 5 nitrogen and oxygen atoms in total. The van der Waals surface area contributed by atoms with E-state index in [2.05, 4.69) is 4.90 Å². The van der Waals surface area contributed by atoms with Crippen LogP contribution in [0.25, 0.3) is 0 Å². The van der Waals surface area contributed by atoms with Crippen molar-refractivity contribution >= 4 is 28.9 Å². The van der Waals surface area contributed by atoms with Crippen LogP contribution in [0.4, 0.5) is 10.1 Å². The third-order valence-electron chi connectivity index (χ3n) is 5.60. The van der Waals surface area contributed by atoms with E-state index >= 15 is 0 Å². The lowest BCUT2D eigenvalue weighted by atomic mass is 10.1. The lowest BCUT2D eigenvalue weighted by Gasteiger charge is -2.36. The highest BCUT2D eigenvalue weighted by atomic mass is 32.1. The number of rotatable bonds is 4. The van der Waals surface area contributed by atoms with Crippen LogP contribution in [0.2, 0.25) is 0 Å². The predicted molar refractivity (Wildman–Crippen MR) is 111 cm³/mol. The summed E-state index contributed by atoms with van der Waals surface area (Å²) in [4.78, 5) is 30.6. The van der Waals surface area contributed by atoms with Gasteiger partial charge in [0.25, 0.3) is 5.91 Å². The number of piperazine rings is 1. The van der Waals surface area contributed by atoms with Crippen LogP contribution in [0.5, 0.6) is 0 Å². The Morgan fingerprint density at radius 3 is 2.48 bits per heavy atom. The molecular formula is C22H25FN2O3S. The highest BCUT2D eigenvalue weighted by Crippen LogP contribution is 2.29. The van der Waals surface area contributed by atoms with E-state index < -0.39 is 5.97 Å². The minimum absolute atomic E-state index is 0.171. The van der Waals surface area contributed by atoms with Crippen molar-refractivity contribution in [3.8, 4) is 0 Å². The number of hydrogen-bond donors (Lipinski definition) is 0. The molecule has 1 aromatic carbocycles. The van der Waals surface area contributed by atoms with Gasteiger partial charge >= 0.3 is 5.97 Å². The molecule has 0 bridgehead atoms. The van der Waals surface area contributed by atoms with Crippen molar-refractivity contribution in [1.29, 1.82) is 0 Å². The van der Waals surface area contributed by atoms with Crippen LogP contribution < -0.4 is 4.90 Å². The van der Waals surface area contributed by atoms with Gasteiger partial charge in [-0.3, -0.25) is 4.79 Å². The number of carbonyl (C=O) groups is 2. The quantitative estimate of drug-likeness (QED) is 0.564. The number of fused-ring (bicyclic) bond motifs is 1. The second-order valence-corrected chi connectivity index (χ2v) is 8.68. The average molecular weight is 417 g/mol. The lowest BCUT2D eigenvalue weighted by Crippen LogP contribution is -2.49. The Labute approximate surface area is 174 Å². The summed E-state index contributed by atoms with van der Waals surface area (Å²) in [5.74, 6) is -0.830. The zero-order chi connectivity index (χ0) is 20.2. The number of esters is 1. The summed E-state index contributed by atoms with van der Waals surface area (Å²) in [7, 11) is 0. The van der Waals surface area contributed by atoms with Crippen LogP contribution in [0.1, 0.15) is 39.4 Å². The fourth-order valence-electron chi connectivity index (χ4n) is 3.92. The molecule has 0 spiro atoms. The molecule has 0 unspecified atom stereocenters.